The standard InChI is InChI=1S/C11H9F4N3S/c1-6-8(11(13,14)15)3-7(4-9(6)12)18-10(19-2)17-5-16/h3-4H,1-2H3,(H,17,18). The van der Waals surface area contributed by atoms with Crippen molar-refractivity contribution in [2.75, 3.05) is 6.26 Å². The molecule has 3 nitrogen and oxygen atoms in total. The van der Waals surface area contributed by atoms with Crippen LogP contribution in [0.3, 0.4) is 0 Å². The smallest absolute Gasteiger partial charge is 0.271 e. The Balaban J connectivity index is 3.33. The molecule has 0 fully saturated rings. The Hall–Kier alpha value is -1.75. The SMILES string of the molecule is CSC(=Nc1cc(F)c(C)c(C(F)(F)F)c1)NC#N. The molecule has 0 aromatic heterocycles. The van der Waals surface area contributed by atoms with E-state index in [-0.39, 0.29) is 10.9 Å². The molecule has 0 radical (unpaired) electrons. The number of rotatable bonds is 1. The van der Waals surface area contributed by atoms with Crippen LogP contribution in [0.4, 0.5) is 23.2 Å². The van der Waals surface area contributed by atoms with E-state index in [0.29, 0.717) is 0 Å². The van der Waals surface area contributed by atoms with Gasteiger partial charge >= 0.3 is 6.18 Å². The number of amidine groups is 1. The van der Waals surface area contributed by atoms with Crippen LogP contribution in [0.1, 0.15) is 11.1 Å². The van der Waals surface area contributed by atoms with Crippen molar-refractivity contribution in [1.82, 2.24) is 5.32 Å². The second-order valence-electron chi connectivity index (χ2n) is 3.46. The van der Waals surface area contributed by atoms with E-state index in [9.17, 15) is 17.6 Å². The zero-order valence-corrected chi connectivity index (χ0v) is 10.8. The monoisotopic (exact) mass is 291 g/mol. The Morgan fingerprint density at radius 1 is 1.42 bits per heavy atom. The fourth-order valence-electron chi connectivity index (χ4n) is 1.31. The van der Waals surface area contributed by atoms with Crippen LogP contribution >= 0.6 is 11.8 Å². The van der Waals surface area contributed by atoms with Gasteiger partial charge in [-0.25, -0.2) is 9.38 Å². The summed E-state index contributed by atoms with van der Waals surface area (Å²) in [7, 11) is 0. The number of hydrogen-bond donors (Lipinski definition) is 1. The Bertz CT molecular complexity index is 546. The van der Waals surface area contributed by atoms with Gasteiger partial charge in [-0.3, -0.25) is 5.32 Å². The average Bonchev–Trinajstić information content (AvgIpc) is 2.31. The third-order valence-electron chi connectivity index (χ3n) is 2.22. The summed E-state index contributed by atoms with van der Waals surface area (Å²) in [6.45, 7) is 1.05. The molecule has 0 spiro atoms. The Kier molecular flexibility index (Phi) is 4.78. The number of halogens is 4. The van der Waals surface area contributed by atoms with Gasteiger partial charge in [-0.05, 0) is 30.9 Å². The summed E-state index contributed by atoms with van der Waals surface area (Å²) in [6.07, 6.45) is -1.48. The minimum atomic E-state index is -4.65. The van der Waals surface area contributed by atoms with Crippen LogP contribution in [0.5, 0.6) is 0 Å². The third-order valence-corrected chi connectivity index (χ3v) is 2.80. The molecule has 1 N–H and O–H groups in total. The zero-order chi connectivity index (χ0) is 14.6. The first-order chi connectivity index (χ1) is 8.79. The first-order valence-electron chi connectivity index (χ1n) is 4.94. The first kappa shape index (κ1) is 15.3. The largest absolute Gasteiger partial charge is 0.416 e. The highest BCUT2D eigenvalue weighted by Crippen LogP contribution is 2.35. The zero-order valence-electron chi connectivity index (χ0n) is 9.97. The Morgan fingerprint density at radius 2 is 2.05 bits per heavy atom. The molecule has 0 heterocycles. The molecule has 1 rings (SSSR count). The predicted octanol–water partition coefficient (Wildman–Crippen LogP) is 3.57. The molecular weight excluding hydrogens is 282 g/mol. The summed E-state index contributed by atoms with van der Waals surface area (Å²) in [6, 6.07) is 1.63. The van der Waals surface area contributed by atoms with E-state index < -0.39 is 23.1 Å². The van der Waals surface area contributed by atoms with Crippen LogP contribution < -0.4 is 5.32 Å². The molecule has 0 aliphatic heterocycles. The molecule has 0 bridgehead atoms. The number of thioether (sulfide) groups is 1. The summed E-state index contributed by atoms with van der Waals surface area (Å²) in [5, 5.41) is 10.7. The number of aliphatic imine (C=N–C) groups is 1. The molecule has 8 heteroatoms. The molecule has 1 aromatic rings. The normalized spacial score (nSPS) is 12.2. The summed E-state index contributed by atoms with van der Waals surface area (Å²) >= 11 is 1.03. The van der Waals surface area contributed by atoms with Crippen molar-refractivity contribution in [1.29, 1.82) is 5.26 Å². The lowest BCUT2D eigenvalue weighted by molar-refractivity contribution is -0.138. The van der Waals surface area contributed by atoms with Gasteiger partial charge in [0, 0.05) is 0 Å². The molecular formula is C11H9F4N3S. The maximum absolute atomic E-state index is 13.4. The highest BCUT2D eigenvalue weighted by Gasteiger charge is 2.33. The molecule has 0 amide bonds. The van der Waals surface area contributed by atoms with Crippen molar-refractivity contribution in [3.63, 3.8) is 0 Å². The lowest BCUT2D eigenvalue weighted by Crippen LogP contribution is -2.13. The lowest BCUT2D eigenvalue weighted by Gasteiger charge is -2.12. The van der Waals surface area contributed by atoms with Gasteiger partial charge in [0.1, 0.15) is 5.82 Å². The van der Waals surface area contributed by atoms with Crippen LogP contribution in [0, 0.1) is 24.2 Å². The maximum atomic E-state index is 13.4. The van der Waals surface area contributed by atoms with E-state index >= 15 is 0 Å². The summed E-state index contributed by atoms with van der Waals surface area (Å²) in [5.74, 6) is -0.994. The van der Waals surface area contributed by atoms with E-state index in [2.05, 4.69) is 10.3 Å². The summed E-state index contributed by atoms with van der Waals surface area (Å²) < 4.78 is 51.5. The van der Waals surface area contributed by atoms with Crippen LogP contribution in [0.15, 0.2) is 17.1 Å². The fourth-order valence-corrected chi connectivity index (χ4v) is 1.66. The first-order valence-corrected chi connectivity index (χ1v) is 6.17. The molecule has 0 aliphatic carbocycles. The highest BCUT2D eigenvalue weighted by molar-refractivity contribution is 8.13. The molecule has 0 saturated heterocycles. The van der Waals surface area contributed by atoms with Crippen molar-refractivity contribution in [3.8, 4) is 6.19 Å². The van der Waals surface area contributed by atoms with Gasteiger partial charge in [-0.2, -0.15) is 18.4 Å². The van der Waals surface area contributed by atoms with Crippen molar-refractivity contribution in [3.05, 3.63) is 29.1 Å². The molecule has 102 valence electrons. The van der Waals surface area contributed by atoms with E-state index in [1.165, 1.54) is 0 Å². The number of hydrogen-bond acceptors (Lipinski definition) is 3. The lowest BCUT2D eigenvalue weighted by atomic mass is 10.1. The van der Waals surface area contributed by atoms with Crippen LogP contribution in [0.25, 0.3) is 0 Å². The van der Waals surface area contributed by atoms with Crippen molar-refractivity contribution in [2.24, 2.45) is 4.99 Å². The molecule has 0 atom stereocenters. The number of nitriles is 1. The maximum Gasteiger partial charge on any atom is 0.416 e. The van der Waals surface area contributed by atoms with E-state index in [4.69, 9.17) is 5.26 Å². The van der Waals surface area contributed by atoms with Gasteiger partial charge in [0.25, 0.3) is 0 Å². The van der Waals surface area contributed by atoms with Crippen molar-refractivity contribution in [2.45, 2.75) is 13.1 Å². The van der Waals surface area contributed by atoms with Gasteiger partial charge in [0.15, 0.2) is 11.4 Å². The quantitative estimate of drug-likeness (QED) is 0.283. The van der Waals surface area contributed by atoms with Gasteiger partial charge in [-0.15, -0.1) is 0 Å². The molecule has 19 heavy (non-hydrogen) atoms. The Morgan fingerprint density at radius 3 is 2.53 bits per heavy atom. The minimum absolute atomic E-state index is 0.0823. The molecule has 0 saturated carbocycles. The van der Waals surface area contributed by atoms with Crippen LogP contribution in [-0.2, 0) is 6.18 Å². The Labute approximate surface area is 111 Å². The predicted molar refractivity (Wildman–Crippen MR) is 65.5 cm³/mol. The topological polar surface area (TPSA) is 48.2 Å². The third kappa shape index (κ3) is 3.86. The second kappa shape index (κ2) is 5.93. The number of benzene rings is 1. The number of nitrogens with zero attached hydrogens (tertiary/aromatic N) is 2. The highest BCUT2D eigenvalue weighted by atomic mass is 32.2. The van der Waals surface area contributed by atoms with Crippen LogP contribution in [-0.4, -0.2) is 11.4 Å². The van der Waals surface area contributed by atoms with Gasteiger partial charge < -0.3 is 0 Å². The molecule has 0 aliphatic rings. The van der Waals surface area contributed by atoms with E-state index in [0.717, 1.165) is 30.8 Å². The van der Waals surface area contributed by atoms with Gasteiger partial charge in [-0.1, -0.05) is 11.8 Å². The average molecular weight is 291 g/mol. The van der Waals surface area contributed by atoms with Crippen molar-refractivity contribution < 1.29 is 17.6 Å². The van der Waals surface area contributed by atoms with Gasteiger partial charge in [0.05, 0.1) is 11.3 Å². The fraction of sp³-hybridized carbons (Fsp3) is 0.273. The summed E-state index contributed by atoms with van der Waals surface area (Å²) in [5.41, 5.74) is -1.77. The van der Waals surface area contributed by atoms with Crippen LogP contribution in [0.2, 0.25) is 0 Å². The summed E-state index contributed by atoms with van der Waals surface area (Å²) in [4.78, 5) is 3.75. The number of alkyl halides is 3. The second-order valence-corrected chi connectivity index (χ2v) is 4.25. The number of nitrogens with one attached hydrogen (secondary N) is 1. The molecule has 1 aromatic carbocycles. The van der Waals surface area contributed by atoms with E-state index in [1.807, 2.05) is 0 Å². The van der Waals surface area contributed by atoms with E-state index in [1.54, 1.807) is 12.4 Å². The van der Waals surface area contributed by atoms with Crippen molar-refractivity contribution >= 4 is 22.6 Å². The molecule has 0 unspecified atom stereocenters. The van der Waals surface area contributed by atoms with Gasteiger partial charge in [0.2, 0.25) is 0 Å². The minimum Gasteiger partial charge on any atom is -0.271 e.